The van der Waals surface area contributed by atoms with E-state index in [9.17, 15) is 0 Å². The van der Waals surface area contributed by atoms with Crippen molar-refractivity contribution < 1.29 is 4.52 Å². The summed E-state index contributed by atoms with van der Waals surface area (Å²) >= 11 is 0. The van der Waals surface area contributed by atoms with Crippen LogP contribution in [0.3, 0.4) is 0 Å². The monoisotopic (exact) mass is 164 g/mol. The Morgan fingerprint density at radius 3 is 2.83 bits per heavy atom. The van der Waals surface area contributed by atoms with Crippen molar-refractivity contribution in [1.29, 1.82) is 0 Å². The van der Waals surface area contributed by atoms with E-state index in [-0.39, 0.29) is 0 Å². The average molecular weight is 164 g/mol. The van der Waals surface area contributed by atoms with Crippen LogP contribution in [0, 0.1) is 6.92 Å². The maximum Gasteiger partial charge on any atom is 0.189 e. The molecule has 0 aliphatic heterocycles. The zero-order valence-electron chi connectivity index (χ0n) is 6.53. The lowest BCUT2D eigenvalue weighted by Gasteiger charge is -1.81. The molecule has 0 saturated carbocycles. The smallest absolute Gasteiger partial charge is 0.189 e. The van der Waals surface area contributed by atoms with Crippen molar-refractivity contribution >= 4 is 5.82 Å². The van der Waals surface area contributed by atoms with Crippen molar-refractivity contribution in [1.82, 2.24) is 15.4 Å². The lowest BCUT2D eigenvalue weighted by atomic mass is 10.3. The Labute approximate surface area is 68.6 Å². The van der Waals surface area contributed by atoms with E-state index in [0.717, 1.165) is 11.4 Å². The molecule has 0 bridgehead atoms. The molecule has 0 unspecified atom stereocenters. The molecule has 5 heteroatoms. The minimum Gasteiger partial charge on any atom is -0.381 e. The second-order valence-corrected chi connectivity index (χ2v) is 2.55. The Bertz CT molecular complexity index is 351. The van der Waals surface area contributed by atoms with Gasteiger partial charge in [-0.05, 0) is 13.0 Å². The number of hydrogen-bond donors (Lipinski definition) is 2. The number of rotatable bonds is 1. The fourth-order valence-corrected chi connectivity index (χ4v) is 0.954. The van der Waals surface area contributed by atoms with Gasteiger partial charge >= 0.3 is 0 Å². The third kappa shape index (κ3) is 1.05. The lowest BCUT2D eigenvalue weighted by Crippen LogP contribution is -1.79. The van der Waals surface area contributed by atoms with Crippen molar-refractivity contribution in [3.05, 3.63) is 17.8 Å². The average Bonchev–Trinajstić information content (AvgIpc) is 2.58. The Balaban J connectivity index is 2.43. The summed E-state index contributed by atoms with van der Waals surface area (Å²) in [6.45, 7) is 1.91. The molecule has 62 valence electrons. The number of H-pyrrole nitrogens is 1. The number of aryl methyl sites for hydroxylation is 1. The summed E-state index contributed by atoms with van der Waals surface area (Å²) in [5.41, 5.74) is 7.07. The van der Waals surface area contributed by atoms with Gasteiger partial charge in [0.05, 0.1) is 0 Å². The van der Waals surface area contributed by atoms with Crippen LogP contribution in [0.1, 0.15) is 5.69 Å². The molecule has 3 N–H and O–H groups in total. The van der Waals surface area contributed by atoms with E-state index in [1.54, 1.807) is 6.07 Å². The van der Waals surface area contributed by atoms with Crippen LogP contribution < -0.4 is 5.73 Å². The van der Waals surface area contributed by atoms with Gasteiger partial charge in [0, 0.05) is 11.8 Å². The molecule has 0 amide bonds. The minimum absolute atomic E-state index is 0.366. The first kappa shape index (κ1) is 6.90. The highest BCUT2D eigenvalue weighted by atomic mass is 16.5. The summed E-state index contributed by atoms with van der Waals surface area (Å²) < 4.78 is 4.91. The molecule has 0 saturated heterocycles. The van der Waals surface area contributed by atoms with Gasteiger partial charge in [0.25, 0.3) is 0 Å². The van der Waals surface area contributed by atoms with Crippen molar-refractivity contribution in [2.45, 2.75) is 6.92 Å². The molecule has 2 rings (SSSR count). The van der Waals surface area contributed by atoms with Crippen LogP contribution in [0.2, 0.25) is 0 Å². The van der Waals surface area contributed by atoms with Gasteiger partial charge < -0.3 is 10.3 Å². The maximum atomic E-state index is 5.38. The molecule has 2 aromatic rings. The predicted octanol–water partition coefficient (Wildman–Crippen LogP) is 0.955. The summed E-state index contributed by atoms with van der Waals surface area (Å²) in [6, 6.07) is 3.50. The fraction of sp³-hybridized carbons (Fsp3) is 0.143. The third-order valence-electron chi connectivity index (χ3n) is 1.49. The van der Waals surface area contributed by atoms with E-state index in [2.05, 4.69) is 15.4 Å². The number of nitrogen functional groups attached to an aromatic ring is 1. The van der Waals surface area contributed by atoms with Gasteiger partial charge in [-0.2, -0.15) is 5.10 Å². The lowest BCUT2D eigenvalue weighted by molar-refractivity contribution is 0.434. The normalized spacial score (nSPS) is 10.4. The van der Waals surface area contributed by atoms with E-state index in [1.165, 1.54) is 0 Å². The van der Waals surface area contributed by atoms with Gasteiger partial charge in [0.15, 0.2) is 11.6 Å². The van der Waals surface area contributed by atoms with Crippen LogP contribution in [-0.2, 0) is 0 Å². The van der Waals surface area contributed by atoms with Gasteiger partial charge in [0.2, 0.25) is 0 Å². The largest absolute Gasteiger partial charge is 0.381 e. The van der Waals surface area contributed by atoms with Gasteiger partial charge in [-0.3, -0.25) is 5.10 Å². The maximum absolute atomic E-state index is 5.38. The van der Waals surface area contributed by atoms with E-state index in [4.69, 9.17) is 10.3 Å². The van der Waals surface area contributed by atoms with Crippen molar-refractivity contribution in [3.8, 4) is 11.5 Å². The van der Waals surface area contributed by atoms with Crippen LogP contribution in [0.4, 0.5) is 5.82 Å². The molecule has 2 heterocycles. The highest BCUT2D eigenvalue weighted by molar-refractivity contribution is 5.55. The molecular formula is C7H8N4O. The number of nitrogens with two attached hydrogens (primary N) is 1. The Morgan fingerprint density at radius 1 is 1.50 bits per heavy atom. The SMILES string of the molecule is Cc1cc(-c2cc(N)no2)n[nH]1. The highest BCUT2D eigenvalue weighted by Gasteiger charge is 2.06. The Hall–Kier alpha value is -1.78. The molecule has 5 nitrogen and oxygen atoms in total. The summed E-state index contributed by atoms with van der Waals surface area (Å²) in [7, 11) is 0. The van der Waals surface area contributed by atoms with Crippen LogP contribution >= 0.6 is 0 Å². The molecule has 0 atom stereocenters. The number of anilines is 1. The molecule has 0 spiro atoms. The van der Waals surface area contributed by atoms with Gasteiger partial charge in [-0.1, -0.05) is 5.16 Å². The quantitative estimate of drug-likeness (QED) is 0.657. The first-order valence-electron chi connectivity index (χ1n) is 3.50. The van der Waals surface area contributed by atoms with Crippen LogP contribution in [0.25, 0.3) is 11.5 Å². The van der Waals surface area contributed by atoms with Crippen LogP contribution in [-0.4, -0.2) is 15.4 Å². The molecule has 0 aliphatic carbocycles. The van der Waals surface area contributed by atoms with Crippen molar-refractivity contribution in [2.75, 3.05) is 5.73 Å². The van der Waals surface area contributed by atoms with E-state index in [0.29, 0.717) is 11.6 Å². The number of nitrogens with zero attached hydrogens (tertiary/aromatic N) is 2. The number of nitrogens with one attached hydrogen (secondary N) is 1. The fourth-order valence-electron chi connectivity index (χ4n) is 0.954. The first-order chi connectivity index (χ1) is 5.75. The third-order valence-corrected chi connectivity index (χ3v) is 1.49. The van der Waals surface area contributed by atoms with E-state index in [1.807, 2.05) is 13.0 Å². The highest BCUT2D eigenvalue weighted by Crippen LogP contribution is 2.18. The van der Waals surface area contributed by atoms with Crippen molar-refractivity contribution in [3.63, 3.8) is 0 Å². The van der Waals surface area contributed by atoms with E-state index < -0.39 is 0 Å². The first-order valence-corrected chi connectivity index (χ1v) is 3.50. The number of hydrogen-bond acceptors (Lipinski definition) is 4. The zero-order valence-corrected chi connectivity index (χ0v) is 6.53. The number of aromatic nitrogens is 3. The zero-order chi connectivity index (χ0) is 8.55. The Morgan fingerprint density at radius 2 is 2.33 bits per heavy atom. The van der Waals surface area contributed by atoms with Gasteiger partial charge in [0.1, 0.15) is 5.69 Å². The molecule has 0 aliphatic rings. The summed E-state index contributed by atoms with van der Waals surface area (Å²) in [5, 5.41) is 10.3. The molecular weight excluding hydrogens is 156 g/mol. The Kier molecular flexibility index (Phi) is 1.36. The molecule has 2 aromatic heterocycles. The summed E-state index contributed by atoms with van der Waals surface area (Å²) in [4.78, 5) is 0. The molecule has 0 radical (unpaired) electrons. The molecule has 12 heavy (non-hydrogen) atoms. The second-order valence-electron chi connectivity index (χ2n) is 2.55. The van der Waals surface area contributed by atoms with Gasteiger partial charge in [-0.15, -0.1) is 0 Å². The standard InChI is InChI=1S/C7H8N4O/c1-4-2-5(10-9-4)6-3-7(8)11-12-6/h2-3H,1H3,(H2,8,11)(H,9,10). The molecule has 0 fully saturated rings. The summed E-state index contributed by atoms with van der Waals surface area (Å²) in [5.74, 6) is 0.947. The minimum atomic E-state index is 0.366. The second kappa shape index (κ2) is 2.37. The molecule has 0 aromatic carbocycles. The topological polar surface area (TPSA) is 80.7 Å². The number of aromatic amines is 1. The van der Waals surface area contributed by atoms with Crippen LogP contribution in [0.5, 0.6) is 0 Å². The van der Waals surface area contributed by atoms with E-state index >= 15 is 0 Å². The van der Waals surface area contributed by atoms with Gasteiger partial charge in [-0.25, -0.2) is 0 Å². The predicted molar refractivity (Wildman–Crippen MR) is 43.2 cm³/mol. The summed E-state index contributed by atoms with van der Waals surface area (Å²) in [6.07, 6.45) is 0. The van der Waals surface area contributed by atoms with Crippen molar-refractivity contribution in [2.24, 2.45) is 0 Å². The van der Waals surface area contributed by atoms with Crippen LogP contribution in [0.15, 0.2) is 16.7 Å².